The summed E-state index contributed by atoms with van der Waals surface area (Å²) in [7, 11) is 0. The minimum Gasteiger partial charge on any atom is -0.508 e. The maximum absolute atomic E-state index is 12.7. The number of benzene rings is 2. The zero-order valence-corrected chi connectivity index (χ0v) is 15.2. The molecule has 0 bridgehead atoms. The van der Waals surface area contributed by atoms with Gasteiger partial charge in [0.25, 0.3) is 5.91 Å². The maximum atomic E-state index is 12.7. The zero-order chi connectivity index (χ0) is 20.4. The highest BCUT2D eigenvalue weighted by atomic mass is 16.6. The molecule has 1 saturated heterocycles. The number of para-hydroxylation sites is 1. The van der Waals surface area contributed by atoms with E-state index in [1.165, 1.54) is 12.1 Å². The molecule has 0 spiro atoms. The van der Waals surface area contributed by atoms with Gasteiger partial charge in [-0.05, 0) is 36.4 Å². The molecule has 1 aliphatic heterocycles. The van der Waals surface area contributed by atoms with Crippen LogP contribution < -0.4 is 0 Å². The van der Waals surface area contributed by atoms with Crippen molar-refractivity contribution in [3.63, 3.8) is 0 Å². The molecular weight excluding hydrogens is 376 g/mol. The van der Waals surface area contributed by atoms with Gasteiger partial charge in [-0.15, -0.1) is 0 Å². The number of fused-ring (bicyclic) bond motifs is 1. The number of nitrogens with zero attached hydrogens (tertiary/aromatic N) is 2. The minimum absolute atomic E-state index is 0.119. The van der Waals surface area contributed by atoms with Gasteiger partial charge in [0, 0.05) is 10.9 Å². The fourth-order valence-corrected chi connectivity index (χ4v) is 3.03. The van der Waals surface area contributed by atoms with E-state index in [1.54, 1.807) is 42.5 Å². The largest absolute Gasteiger partial charge is 0.508 e. The van der Waals surface area contributed by atoms with Crippen molar-refractivity contribution in [3.05, 3.63) is 60.2 Å². The molecule has 1 aromatic heterocycles. The molecule has 8 heteroatoms. The molecule has 0 unspecified atom stereocenters. The minimum atomic E-state index is -0.741. The first kappa shape index (κ1) is 18.4. The number of carbonyl (C=O) groups is 3. The summed E-state index contributed by atoms with van der Waals surface area (Å²) in [4.78, 5) is 41.7. The molecule has 2 aromatic carbocycles. The van der Waals surface area contributed by atoms with E-state index in [4.69, 9.17) is 9.47 Å². The monoisotopic (exact) mass is 392 g/mol. The highest BCUT2D eigenvalue weighted by Crippen LogP contribution is 2.26. The number of hydrogen-bond acceptors (Lipinski definition) is 7. The van der Waals surface area contributed by atoms with Crippen LogP contribution in [0.25, 0.3) is 22.2 Å². The van der Waals surface area contributed by atoms with Gasteiger partial charge in [-0.25, -0.2) is 19.5 Å². The molecular formula is C21H16N2O6. The average molecular weight is 392 g/mol. The Morgan fingerprint density at radius 3 is 2.62 bits per heavy atom. The molecule has 0 radical (unpaired) electrons. The molecule has 2 heterocycles. The van der Waals surface area contributed by atoms with Gasteiger partial charge in [0.05, 0.1) is 23.3 Å². The second kappa shape index (κ2) is 7.59. The van der Waals surface area contributed by atoms with Gasteiger partial charge >= 0.3 is 12.1 Å². The third kappa shape index (κ3) is 3.73. The lowest BCUT2D eigenvalue weighted by Gasteiger charge is -2.12. The van der Waals surface area contributed by atoms with Crippen LogP contribution in [0.3, 0.4) is 0 Å². The van der Waals surface area contributed by atoms with Gasteiger partial charge < -0.3 is 14.6 Å². The molecule has 4 rings (SSSR count). The molecule has 29 heavy (non-hydrogen) atoms. The van der Waals surface area contributed by atoms with Gasteiger partial charge in [0.1, 0.15) is 12.4 Å². The van der Waals surface area contributed by atoms with Crippen LogP contribution in [0.1, 0.15) is 10.4 Å². The number of amides is 2. The Morgan fingerprint density at radius 2 is 1.90 bits per heavy atom. The van der Waals surface area contributed by atoms with Crippen molar-refractivity contribution in [1.29, 1.82) is 0 Å². The average Bonchev–Trinajstić information content (AvgIpc) is 3.17. The Kier molecular flexibility index (Phi) is 4.82. The number of imide groups is 1. The van der Waals surface area contributed by atoms with Gasteiger partial charge in [-0.3, -0.25) is 4.79 Å². The lowest BCUT2D eigenvalue weighted by molar-refractivity contribution is -0.131. The fraction of sp³-hybridized carbons (Fsp3) is 0.143. The predicted octanol–water partition coefficient (Wildman–Crippen LogP) is 2.74. The van der Waals surface area contributed by atoms with Crippen molar-refractivity contribution < 1.29 is 29.0 Å². The summed E-state index contributed by atoms with van der Waals surface area (Å²) in [5.41, 5.74) is 2.05. The lowest BCUT2D eigenvalue weighted by atomic mass is 10.0. The number of phenolic OH excluding ortho intramolecular Hbond substituents is 1. The normalized spacial score (nSPS) is 13.4. The highest BCUT2D eigenvalue weighted by molar-refractivity contribution is 6.05. The number of pyridine rings is 1. The first-order valence-electron chi connectivity index (χ1n) is 8.86. The first-order valence-corrected chi connectivity index (χ1v) is 8.86. The van der Waals surface area contributed by atoms with Gasteiger partial charge in [-0.1, -0.05) is 18.2 Å². The first-order chi connectivity index (χ1) is 14.0. The molecule has 3 aromatic rings. The van der Waals surface area contributed by atoms with E-state index < -0.39 is 24.6 Å². The second-order valence-electron chi connectivity index (χ2n) is 6.35. The number of phenols is 1. The summed E-state index contributed by atoms with van der Waals surface area (Å²) in [6, 6.07) is 15.1. The van der Waals surface area contributed by atoms with E-state index in [-0.39, 0.29) is 24.5 Å². The standard InChI is InChI=1S/C21H16N2O6/c24-14-7-5-13(6-8-14)18-11-16(15-3-1-2-4-17(15)22-18)20(26)29-12-19(25)23-9-10-28-21(23)27/h1-8,11,24H,9-10,12H2. The number of aromatic hydroxyl groups is 1. The Hall–Kier alpha value is -3.94. The Morgan fingerprint density at radius 1 is 1.14 bits per heavy atom. The SMILES string of the molecule is O=C(OCC(=O)N1CCOC1=O)c1cc(-c2ccc(O)cc2)nc2ccccc12. The van der Waals surface area contributed by atoms with Crippen molar-refractivity contribution in [2.45, 2.75) is 0 Å². The quantitative estimate of drug-likeness (QED) is 0.681. The third-order valence-corrected chi connectivity index (χ3v) is 4.49. The molecule has 8 nitrogen and oxygen atoms in total. The molecule has 0 atom stereocenters. The molecule has 146 valence electrons. The van der Waals surface area contributed by atoms with E-state index in [9.17, 15) is 19.5 Å². The maximum Gasteiger partial charge on any atom is 0.416 e. The number of aromatic nitrogens is 1. The summed E-state index contributed by atoms with van der Waals surface area (Å²) < 4.78 is 9.87. The van der Waals surface area contributed by atoms with Crippen molar-refractivity contribution >= 4 is 28.9 Å². The number of esters is 1. The predicted molar refractivity (Wildman–Crippen MR) is 102 cm³/mol. The van der Waals surface area contributed by atoms with Gasteiger partial charge in [-0.2, -0.15) is 0 Å². The van der Waals surface area contributed by atoms with Crippen molar-refractivity contribution in [1.82, 2.24) is 9.88 Å². The van der Waals surface area contributed by atoms with Crippen LogP contribution in [0.5, 0.6) is 5.75 Å². The smallest absolute Gasteiger partial charge is 0.416 e. The number of hydrogen-bond donors (Lipinski definition) is 1. The molecule has 0 saturated carbocycles. The zero-order valence-electron chi connectivity index (χ0n) is 15.2. The van der Waals surface area contributed by atoms with E-state index in [0.717, 1.165) is 4.90 Å². The Bertz CT molecular complexity index is 1110. The molecule has 1 N–H and O–H groups in total. The fourth-order valence-electron chi connectivity index (χ4n) is 3.03. The van der Waals surface area contributed by atoms with E-state index in [1.807, 2.05) is 0 Å². The van der Waals surface area contributed by atoms with Crippen LogP contribution in [0.4, 0.5) is 4.79 Å². The van der Waals surface area contributed by atoms with Crippen LogP contribution >= 0.6 is 0 Å². The summed E-state index contributed by atoms with van der Waals surface area (Å²) in [6.07, 6.45) is -0.741. The summed E-state index contributed by atoms with van der Waals surface area (Å²) in [5.74, 6) is -1.23. The highest BCUT2D eigenvalue weighted by Gasteiger charge is 2.29. The summed E-state index contributed by atoms with van der Waals surface area (Å²) in [5, 5.41) is 10.1. The van der Waals surface area contributed by atoms with Crippen LogP contribution in [0, 0.1) is 0 Å². The van der Waals surface area contributed by atoms with Crippen molar-refractivity contribution in [2.75, 3.05) is 19.8 Å². The molecule has 0 aliphatic carbocycles. The number of cyclic esters (lactones) is 1. The second-order valence-corrected chi connectivity index (χ2v) is 6.35. The van der Waals surface area contributed by atoms with Crippen LogP contribution in [0.15, 0.2) is 54.6 Å². The van der Waals surface area contributed by atoms with Crippen LogP contribution in [-0.2, 0) is 14.3 Å². The van der Waals surface area contributed by atoms with Crippen molar-refractivity contribution in [3.8, 4) is 17.0 Å². The molecule has 1 fully saturated rings. The Labute approximate surface area is 165 Å². The molecule has 1 aliphatic rings. The number of rotatable bonds is 4. The van der Waals surface area contributed by atoms with E-state index in [2.05, 4.69) is 4.98 Å². The number of ether oxygens (including phenoxy) is 2. The Balaban J connectivity index is 1.63. The van der Waals surface area contributed by atoms with E-state index >= 15 is 0 Å². The van der Waals surface area contributed by atoms with Gasteiger partial charge in [0.2, 0.25) is 0 Å². The van der Waals surface area contributed by atoms with Gasteiger partial charge in [0.15, 0.2) is 6.61 Å². The summed E-state index contributed by atoms with van der Waals surface area (Å²) >= 11 is 0. The molecule has 2 amide bonds. The van der Waals surface area contributed by atoms with Crippen molar-refractivity contribution in [2.24, 2.45) is 0 Å². The lowest BCUT2D eigenvalue weighted by Crippen LogP contribution is -2.35. The van der Waals surface area contributed by atoms with E-state index in [0.29, 0.717) is 22.2 Å². The topological polar surface area (TPSA) is 106 Å². The van der Waals surface area contributed by atoms with Crippen LogP contribution in [-0.4, -0.2) is 52.7 Å². The van der Waals surface area contributed by atoms with Crippen LogP contribution in [0.2, 0.25) is 0 Å². The summed E-state index contributed by atoms with van der Waals surface area (Å²) in [6.45, 7) is -0.305. The number of carbonyl (C=O) groups excluding carboxylic acids is 3. The third-order valence-electron chi connectivity index (χ3n) is 4.49.